The number of aliphatic imine (C=N–C) groups is 3. The molecule has 0 amide bonds. The molecule has 0 aliphatic heterocycles. The second-order valence-electron chi connectivity index (χ2n) is 3.87. The quantitative estimate of drug-likeness (QED) is 0.292. The van der Waals surface area contributed by atoms with E-state index in [2.05, 4.69) is 41.3 Å². The Morgan fingerprint density at radius 3 is 1.37 bits per heavy atom. The molecule has 0 aromatic carbocycles. The van der Waals surface area contributed by atoms with Gasteiger partial charge in [-0.1, -0.05) is 99.4 Å². The third-order valence-electron chi connectivity index (χ3n) is 2.22. The zero-order valence-electron chi connectivity index (χ0n) is 22.2. The summed E-state index contributed by atoms with van der Waals surface area (Å²) in [6.07, 6.45) is 11.9. The molecular weight excluding hydrogens is 366 g/mol. The molecule has 3 heteroatoms. The zero-order valence-corrected chi connectivity index (χ0v) is 22.2. The van der Waals surface area contributed by atoms with Crippen LogP contribution in [-0.2, 0) is 0 Å². The van der Waals surface area contributed by atoms with Gasteiger partial charge in [0.05, 0.1) is 22.8 Å². The third kappa shape index (κ3) is 30.2. The first-order valence-electron chi connectivity index (χ1n) is 11.0. The molecule has 30 heavy (non-hydrogen) atoms. The highest BCUT2D eigenvalue weighted by atomic mass is 14.9. The lowest BCUT2D eigenvalue weighted by Gasteiger charge is -2.04. The first-order chi connectivity index (χ1) is 14.6. The fraction of sp³-hybridized carbons (Fsp3) is 0.444. The summed E-state index contributed by atoms with van der Waals surface area (Å²) in [5, 5.41) is 0. The van der Waals surface area contributed by atoms with Crippen LogP contribution in [-0.4, -0.2) is 17.6 Å². The summed E-state index contributed by atoms with van der Waals surface area (Å²) in [5.74, 6) is 0. The molecule has 0 atom stereocenters. The lowest BCUT2D eigenvalue weighted by molar-refractivity contribution is 1.35. The molecule has 0 spiro atoms. The molecular formula is C27H51N3. The Morgan fingerprint density at radius 1 is 0.700 bits per heavy atom. The minimum Gasteiger partial charge on any atom is -0.260 e. The van der Waals surface area contributed by atoms with Gasteiger partial charge in [0.25, 0.3) is 0 Å². The number of allylic oxidation sites excluding steroid dienone is 6. The average Bonchev–Trinajstić information content (AvgIpc) is 2.82. The van der Waals surface area contributed by atoms with Crippen molar-refractivity contribution >= 4 is 17.6 Å². The number of rotatable bonds is 7. The van der Waals surface area contributed by atoms with Crippen molar-refractivity contribution in [1.82, 2.24) is 0 Å². The van der Waals surface area contributed by atoms with Gasteiger partial charge >= 0.3 is 0 Å². The fourth-order valence-electron chi connectivity index (χ4n) is 1.32. The van der Waals surface area contributed by atoms with Crippen LogP contribution in [0.3, 0.4) is 0 Å². The maximum Gasteiger partial charge on any atom is 0.0884 e. The Balaban J connectivity index is -0.000000111. The number of nitrogens with zero attached hydrogens (tertiary/aromatic N) is 3. The Hall–Kier alpha value is -2.55. The summed E-state index contributed by atoms with van der Waals surface area (Å²) >= 11 is 0. The van der Waals surface area contributed by atoms with E-state index in [1.54, 1.807) is 24.4 Å². The molecule has 0 N–H and O–H groups in total. The van der Waals surface area contributed by atoms with Crippen LogP contribution in [0, 0.1) is 0 Å². The van der Waals surface area contributed by atoms with E-state index in [0.717, 1.165) is 17.1 Å². The first-order valence-corrected chi connectivity index (χ1v) is 11.0. The molecule has 0 fully saturated rings. The monoisotopic (exact) mass is 417 g/mol. The van der Waals surface area contributed by atoms with E-state index >= 15 is 0 Å². The van der Waals surface area contributed by atoms with Crippen molar-refractivity contribution in [2.75, 3.05) is 0 Å². The molecule has 0 unspecified atom stereocenters. The minimum absolute atomic E-state index is 0.687. The van der Waals surface area contributed by atoms with E-state index in [1.165, 1.54) is 6.20 Å². The molecule has 0 bridgehead atoms. The Labute approximate surface area is 190 Å². The van der Waals surface area contributed by atoms with E-state index in [9.17, 15) is 0 Å². The van der Waals surface area contributed by atoms with Crippen molar-refractivity contribution in [3.8, 4) is 0 Å². The molecule has 174 valence electrons. The van der Waals surface area contributed by atoms with Crippen molar-refractivity contribution in [2.24, 2.45) is 15.0 Å². The Kier molecular flexibility index (Phi) is 63.0. The highest BCUT2D eigenvalue weighted by Gasteiger charge is 2.04. The maximum atomic E-state index is 4.52. The fourth-order valence-corrected chi connectivity index (χ4v) is 1.32. The van der Waals surface area contributed by atoms with E-state index in [4.69, 9.17) is 0 Å². The smallest absolute Gasteiger partial charge is 0.0884 e. The summed E-state index contributed by atoms with van der Waals surface area (Å²) in [6, 6.07) is 0. The van der Waals surface area contributed by atoms with Gasteiger partial charge in [0, 0.05) is 12.4 Å². The van der Waals surface area contributed by atoms with Crippen molar-refractivity contribution in [3.05, 3.63) is 74.3 Å². The van der Waals surface area contributed by atoms with Crippen molar-refractivity contribution < 1.29 is 0 Å². The summed E-state index contributed by atoms with van der Waals surface area (Å²) in [4.78, 5) is 12.9. The van der Waals surface area contributed by atoms with Crippen molar-refractivity contribution in [2.45, 2.75) is 83.1 Å². The second kappa shape index (κ2) is 45.3. The van der Waals surface area contributed by atoms with Crippen LogP contribution < -0.4 is 0 Å². The van der Waals surface area contributed by atoms with E-state index < -0.39 is 0 Å². The molecule has 0 radical (unpaired) electrons. The van der Waals surface area contributed by atoms with E-state index in [0.29, 0.717) is 5.71 Å². The van der Waals surface area contributed by atoms with Gasteiger partial charge in [-0.2, -0.15) is 0 Å². The van der Waals surface area contributed by atoms with E-state index in [-0.39, 0.29) is 0 Å². The summed E-state index contributed by atoms with van der Waals surface area (Å²) < 4.78 is 0. The van der Waals surface area contributed by atoms with Gasteiger partial charge in [0.1, 0.15) is 0 Å². The molecule has 0 rings (SSSR count). The average molecular weight is 418 g/mol. The normalized spacial score (nSPS) is 10.5. The molecule has 0 aromatic heterocycles. The van der Waals surface area contributed by atoms with Gasteiger partial charge in [0.2, 0.25) is 0 Å². The highest BCUT2D eigenvalue weighted by molar-refractivity contribution is 6.11. The highest BCUT2D eigenvalue weighted by Crippen LogP contribution is 2.08. The third-order valence-corrected chi connectivity index (χ3v) is 2.22. The molecule has 0 saturated carbocycles. The van der Waals surface area contributed by atoms with E-state index in [1.807, 2.05) is 95.2 Å². The van der Waals surface area contributed by atoms with Crippen LogP contribution >= 0.6 is 0 Å². The Morgan fingerprint density at radius 2 is 1.10 bits per heavy atom. The topological polar surface area (TPSA) is 37.1 Å². The van der Waals surface area contributed by atoms with Crippen LogP contribution in [0.5, 0.6) is 0 Å². The zero-order chi connectivity index (χ0) is 25.4. The molecule has 3 nitrogen and oxygen atoms in total. The molecule has 0 heterocycles. The molecule has 0 aliphatic carbocycles. The van der Waals surface area contributed by atoms with Gasteiger partial charge in [-0.25, -0.2) is 4.99 Å². The van der Waals surface area contributed by atoms with Gasteiger partial charge in [-0.3, -0.25) is 9.98 Å². The van der Waals surface area contributed by atoms with Crippen molar-refractivity contribution in [1.29, 1.82) is 0 Å². The van der Waals surface area contributed by atoms with Crippen LogP contribution in [0.2, 0.25) is 0 Å². The second-order valence-corrected chi connectivity index (χ2v) is 3.87. The van der Waals surface area contributed by atoms with Crippen LogP contribution in [0.4, 0.5) is 0 Å². The predicted octanol–water partition coefficient (Wildman–Crippen LogP) is 9.58. The standard InChI is InChI=1S/C16H21N3.C3H6.4C2H6/c1-7-12-18-15(9-3)16(10-4)19-14(8-2)13(6)17-11-5;1-3-2;4*1-2/h7-12H,1,4-5H2,2-3,6H3;3H,1H2,2H3;4*1-2H3/b14-8-,15-9-,17-13?,18-12?,19-16-;;;;;. The maximum absolute atomic E-state index is 4.52. The molecule has 0 saturated heterocycles. The van der Waals surface area contributed by atoms with Gasteiger partial charge in [-0.15, -0.1) is 6.58 Å². The number of hydrogen-bond acceptors (Lipinski definition) is 3. The summed E-state index contributed by atoms with van der Waals surface area (Å²) in [6.45, 7) is 37.9. The minimum atomic E-state index is 0.687. The molecule has 0 aromatic rings. The van der Waals surface area contributed by atoms with Crippen LogP contribution in [0.25, 0.3) is 0 Å². The summed E-state index contributed by atoms with van der Waals surface area (Å²) in [5.41, 5.74) is 2.98. The van der Waals surface area contributed by atoms with Gasteiger partial charge < -0.3 is 0 Å². The SMILES string of the molecule is C=CC.C=CC=NC(=C\C)/C(C=C)=N\C(=C/C)C(C)=NC=C.CC.CC.CC.CC. The van der Waals surface area contributed by atoms with Crippen molar-refractivity contribution in [3.63, 3.8) is 0 Å². The summed E-state index contributed by atoms with van der Waals surface area (Å²) in [7, 11) is 0. The lowest BCUT2D eigenvalue weighted by Crippen LogP contribution is -2.02. The van der Waals surface area contributed by atoms with Crippen LogP contribution in [0.15, 0.2) is 89.3 Å². The first kappa shape index (κ1) is 41.7. The van der Waals surface area contributed by atoms with Crippen LogP contribution in [0.1, 0.15) is 83.1 Å². The largest absolute Gasteiger partial charge is 0.260 e. The Bertz CT molecular complexity index is 528. The molecule has 0 aliphatic rings. The van der Waals surface area contributed by atoms with Gasteiger partial charge in [0.15, 0.2) is 0 Å². The predicted molar refractivity (Wildman–Crippen MR) is 148 cm³/mol. The lowest BCUT2D eigenvalue weighted by atomic mass is 10.2. The number of hydrogen-bond donors (Lipinski definition) is 0. The van der Waals surface area contributed by atoms with Gasteiger partial charge in [-0.05, 0) is 33.8 Å².